The van der Waals surface area contributed by atoms with E-state index in [0.29, 0.717) is 34.9 Å². The molecule has 0 saturated heterocycles. The largest absolute Gasteiger partial charge is 0.494 e. The number of carbonyl (C=O) groups excluding carboxylic acids is 1. The molecule has 0 aliphatic carbocycles. The van der Waals surface area contributed by atoms with Crippen molar-refractivity contribution in [3.8, 4) is 16.9 Å². The molecule has 6 nitrogen and oxygen atoms in total. The summed E-state index contributed by atoms with van der Waals surface area (Å²) >= 11 is 2.91. The number of aryl methyl sites for hydroxylation is 1. The number of hydrogen-bond donors (Lipinski definition) is 2. The molecule has 0 bridgehead atoms. The molecule has 34 heavy (non-hydrogen) atoms. The van der Waals surface area contributed by atoms with E-state index in [9.17, 15) is 9.59 Å². The van der Waals surface area contributed by atoms with Crippen molar-refractivity contribution >= 4 is 39.2 Å². The highest BCUT2D eigenvalue weighted by Crippen LogP contribution is 2.30. The molecule has 1 unspecified atom stereocenters. The monoisotopic (exact) mass is 493 g/mol. The van der Waals surface area contributed by atoms with Gasteiger partial charge in [0.05, 0.1) is 23.0 Å². The second-order valence-corrected chi connectivity index (χ2v) is 10.2. The number of carbonyl (C=O) groups is 1. The number of thioether (sulfide) groups is 1. The summed E-state index contributed by atoms with van der Waals surface area (Å²) in [7, 11) is 0. The number of hydrogen-bond acceptors (Lipinski definition) is 6. The summed E-state index contributed by atoms with van der Waals surface area (Å²) in [5, 5.41) is 5.27. The van der Waals surface area contributed by atoms with Crippen LogP contribution in [0.2, 0.25) is 0 Å². The molecule has 1 amide bonds. The minimum Gasteiger partial charge on any atom is -0.494 e. The first-order valence-electron chi connectivity index (χ1n) is 11.2. The predicted molar refractivity (Wildman–Crippen MR) is 141 cm³/mol. The number of amides is 1. The third-order valence-corrected chi connectivity index (χ3v) is 7.32. The highest BCUT2D eigenvalue weighted by molar-refractivity contribution is 7.99. The van der Waals surface area contributed by atoms with Crippen LogP contribution in [0, 0.1) is 6.92 Å². The van der Waals surface area contributed by atoms with Gasteiger partial charge in [-0.3, -0.25) is 9.59 Å². The molecule has 176 valence electrons. The molecular weight excluding hydrogens is 466 g/mol. The van der Waals surface area contributed by atoms with Crippen LogP contribution in [0.5, 0.6) is 5.75 Å². The molecule has 0 spiro atoms. The lowest BCUT2D eigenvalue weighted by Gasteiger charge is -2.12. The van der Waals surface area contributed by atoms with E-state index in [1.807, 2.05) is 73.8 Å². The number of benzene rings is 2. The van der Waals surface area contributed by atoms with E-state index in [2.05, 4.69) is 15.3 Å². The Labute approximate surface area is 206 Å². The number of rotatable bonds is 10. The van der Waals surface area contributed by atoms with Crippen molar-refractivity contribution in [2.75, 3.05) is 13.2 Å². The van der Waals surface area contributed by atoms with Gasteiger partial charge in [0.2, 0.25) is 5.91 Å². The zero-order valence-corrected chi connectivity index (χ0v) is 20.8. The van der Waals surface area contributed by atoms with Gasteiger partial charge < -0.3 is 15.0 Å². The van der Waals surface area contributed by atoms with Gasteiger partial charge >= 0.3 is 0 Å². The highest BCUT2D eigenvalue weighted by atomic mass is 32.2. The molecule has 4 rings (SSSR count). The number of nitrogens with zero attached hydrogens (tertiary/aromatic N) is 1. The van der Waals surface area contributed by atoms with Crippen LogP contribution in [0.15, 0.2) is 64.8 Å². The van der Waals surface area contributed by atoms with Crippen LogP contribution >= 0.6 is 23.1 Å². The molecule has 1 atom stereocenters. The van der Waals surface area contributed by atoms with Crippen molar-refractivity contribution in [2.24, 2.45) is 0 Å². The third kappa shape index (κ3) is 6.07. The van der Waals surface area contributed by atoms with E-state index in [4.69, 9.17) is 4.74 Å². The molecular formula is C26H27N3O3S2. The van der Waals surface area contributed by atoms with Crippen LogP contribution in [0.4, 0.5) is 0 Å². The Morgan fingerprint density at radius 3 is 2.82 bits per heavy atom. The van der Waals surface area contributed by atoms with E-state index in [-0.39, 0.29) is 16.7 Å². The lowest BCUT2D eigenvalue weighted by molar-refractivity contribution is -0.120. The molecule has 0 aliphatic rings. The Hall–Kier alpha value is -3.10. The zero-order chi connectivity index (χ0) is 23.9. The fourth-order valence-electron chi connectivity index (χ4n) is 3.49. The summed E-state index contributed by atoms with van der Waals surface area (Å²) in [6, 6.07) is 17.7. The van der Waals surface area contributed by atoms with Gasteiger partial charge in [0, 0.05) is 17.5 Å². The van der Waals surface area contributed by atoms with E-state index < -0.39 is 0 Å². The van der Waals surface area contributed by atoms with Crippen LogP contribution in [0.1, 0.15) is 24.7 Å². The maximum atomic E-state index is 12.8. The molecule has 0 fully saturated rings. The Balaban J connectivity index is 1.26. The van der Waals surface area contributed by atoms with Crippen molar-refractivity contribution in [2.45, 2.75) is 31.3 Å². The number of nitrogens with one attached hydrogen (secondary N) is 2. The van der Waals surface area contributed by atoms with Crippen molar-refractivity contribution in [1.82, 2.24) is 15.3 Å². The van der Waals surface area contributed by atoms with Crippen molar-refractivity contribution in [3.63, 3.8) is 0 Å². The number of thiophene rings is 1. The van der Waals surface area contributed by atoms with Gasteiger partial charge in [-0.25, -0.2) is 4.98 Å². The topological polar surface area (TPSA) is 84.1 Å². The first kappa shape index (κ1) is 24.0. The molecule has 0 radical (unpaired) electrons. The first-order chi connectivity index (χ1) is 16.5. The van der Waals surface area contributed by atoms with E-state index in [0.717, 1.165) is 28.9 Å². The lowest BCUT2D eigenvalue weighted by atomic mass is 10.1. The number of ether oxygens (including phenoxy) is 1. The molecule has 2 N–H and O–H groups in total. The number of aromatic amines is 1. The number of fused-ring (bicyclic) bond motifs is 1. The minimum absolute atomic E-state index is 0.0357. The van der Waals surface area contributed by atoms with Crippen molar-refractivity contribution in [3.05, 3.63) is 81.7 Å². The molecule has 0 aliphatic heterocycles. The van der Waals surface area contributed by atoms with E-state index >= 15 is 0 Å². The maximum Gasteiger partial charge on any atom is 0.260 e. The minimum atomic E-state index is -0.262. The summed E-state index contributed by atoms with van der Waals surface area (Å²) in [4.78, 5) is 33.4. The van der Waals surface area contributed by atoms with Gasteiger partial charge in [-0.05, 0) is 43.5 Å². The molecule has 8 heteroatoms. The zero-order valence-electron chi connectivity index (χ0n) is 19.2. The Bertz CT molecular complexity index is 1320. The second-order valence-electron chi connectivity index (χ2n) is 7.97. The maximum absolute atomic E-state index is 12.8. The SMILES string of the molecule is Cc1cccc(OCCCNC(=O)C(C)SCc2nc3scc(-c4ccccc4)c3c(=O)[nH]2)c1. The highest BCUT2D eigenvalue weighted by Gasteiger charge is 2.16. The van der Waals surface area contributed by atoms with Crippen LogP contribution in [-0.2, 0) is 10.5 Å². The van der Waals surface area contributed by atoms with Gasteiger partial charge in [-0.15, -0.1) is 23.1 Å². The Morgan fingerprint density at radius 2 is 2.03 bits per heavy atom. The van der Waals surface area contributed by atoms with Crippen LogP contribution in [0.25, 0.3) is 21.3 Å². The molecule has 2 aromatic carbocycles. The number of aromatic nitrogens is 2. The standard InChI is InChI=1S/C26H27N3O3S2/c1-17-8-6-11-20(14-17)32-13-7-12-27-24(30)18(2)33-16-22-28-25(31)23-21(15-34-26(23)29-22)19-9-4-3-5-10-19/h3-6,8-11,14-15,18H,7,12-13,16H2,1-2H3,(H,27,30)(H,28,29,31). The van der Waals surface area contributed by atoms with E-state index in [1.165, 1.54) is 23.1 Å². The quantitative estimate of drug-likeness (QED) is 0.298. The molecule has 2 aromatic heterocycles. The van der Waals surface area contributed by atoms with Gasteiger partial charge in [-0.2, -0.15) is 0 Å². The summed E-state index contributed by atoms with van der Waals surface area (Å²) in [5.74, 6) is 1.84. The smallest absolute Gasteiger partial charge is 0.260 e. The second kappa shape index (κ2) is 11.4. The third-order valence-electron chi connectivity index (χ3n) is 5.30. The Morgan fingerprint density at radius 1 is 1.21 bits per heavy atom. The molecule has 2 heterocycles. The summed E-state index contributed by atoms with van der Waals surface area (Å²) in [5.41, 5.74) is 2.90. The molecule has 4 aromatic rings. The van der Waals surface area contributed by atoms with Crippen LogP contribution in [-0.4, -0.2) is 34.3 Å². The van der Waals surface area contributed by atoms with Gasteiger partial charge in [-0.1, -0.05) is 42.5 Å². The summed E-state index contributed by atoms with van der Waals surface area (Å²) < 4.78 is 5.71. The average molecular weight is 494 g/mol. The number of H-pyrrole nitrogens is 1. The molecule has 0 saturated carbocycles. The fraction of sp³-hybridized carbons (Fsp3) is 0.269. The van der Waals surface area contributed by atoms with Gasteiger partial charge in [0.15, 0.2) is 0 Å². The fourth-order valence-corrected chi connectivity index (χ4v) is 5.24. The summed E-state index contributed by atoms with van der Waals surface area (Å²) in [6.45, 7) is 4.98. The van der Waals surface area contributed by atoms with Gasteiger partial charge in [0.1, 0.15) is 16.4 Å². The normalized spacial score (nSPS) is 11.9. The predicted octanol–water partition coefficient (Wildman–Crippen LogP) is 5.17. The first-order valence-corrected chi connectivity index (χ1v) is 13.1. The van der Waals surface area contributed by atoms with Gasteiger partial charge in [0.25, 0.3) is 5.56 Å². The lowest BCUT2D eigenvalue weighted by Crippen LogP contribution is -2.32. The Kier molecular flexibility index (Phi) is 8.03. The van der Waals surface area contributed by atoms with Crippen molar-refractivity contribution in [1.29, 1.82) is 0 Å². The van der Waals surface area contributed by atoms with E-state index in [1.54, 1.807) is 0 Å². The van der Waals surface area contributed by atoms with Crippen LogP contribution in [0.3, 0.4) is 0 Å². The average Bonchev–Trinajstić information content (AvgIpc) is 3.27. The summed E-state index contributed by atoms with van der Waals surface area (Å²) in [6.07, 6.45) is 0.727. The van der Waals surface area contributed by atoms with Crippen molar-refractivity contribution < 1.29 is 9.53 Å². The van der Waals surface area contributed by atoms with Crippen LogP contribution < -0.4 is 15.6 Å².